The van der Waals surface area contributed by atoms with Gasteiger partial charge in [-0.05, 0) is 24.6 Å². The van der Waals surface area contributed by atoms with Gasteiger partial charge in [0.15, 0.2) is 0 Å². The predicted molar refractivity (Wildman–Crippen MR) is 59.7 cm³/mol. The van der Waals surface area contributed by atoms with Crippen LogP contribution in [-0.2, 0) is 4.79 Å². The molecule has 2 rings (SSSR count). The van der Waals surface area contributed by atoms with Crippen molar-refractivity contribution in [2.75, 3.05) is 0 Å². The van der Waals surface area contributed by atoms with Crippen molar-refractivity contribution in [3.63, 3.8) is 0 Å². The maximum atomic E-state index is 13.4. The normalized spacial score (nSPS) is 11.4. The molecule has 0 unspecified atom stereocenters. The lowest BCUT2D eigenvalue weighted by Gasteiger charge is -1.91. The van der Waals surface area contributed by atoms with E-state index in [-0.39, 0.29) is 5.82 Å². The Morgan fingerprint density at radius 3 is 2.88 bits per heavy atom. The minimum absolute atomic E-state index is 0.337. The van der Waals surface area contributed by atoms with Crippen molar-refractivity contribution in [2.45, 2.75) is 6.92 Å². The average molecular weight is 219 g/mol. The molecule has 1 aromatic carbocycles. The van der Waals surface area contributed by atoms with E-state index in [2.05, 4.69) is 4.98 Å². The van der Waals surface area contributed by atoms with E-state index >= 15 is 0 Å². The van der Waals surface area contributed by atoms with E-state index in [0.717, 1.165) is 17.0 Å². The third kappa shape index (κ3) is 1.69. The highest BCUT2D eigenvalue weighted by molar-refractivity contribution is 5.90. The van der Waals surface area contributed by atoms with Crippen LogP contribution in [0.3, 0.4) is 0 Å². The first-order chi connectivity index (χ1) is 7.59. The predicted octanol–water partition coefficient (Wildman–Crippen LogP) is 2.71. The first-order valence-corrected chi connectivity index (χ1v) is 4.77. The van der Waals surface area contributed by atoms with Crippen LogP contribution in [0.15, 0.2) is 24.3 Å². The second kappa shape index (κ2) is 3.81. The number of halogens is 1. The van der Waals surface area contributed by atoms with Crippen LogP contribution >= 0.6 is 0 Å². The number of carbonyl (C=O) groups is 1. The molecule has 82 valence electrons. The molecule has 0 aliphatic rings. The molecule has 0 aliphatic heterocycles. The molecule has 0 bridgehead atoms. The van der Waals surface area contributed by atoms with Gasteiger partial charge in [0.2, 0.25) is 0 Å². The third-order valence-electron chi connectivity index (χ3n) is 2.47. The topological polar surface area (TPSA) is 53.1 Å². The van der Waals surface area contributed by atoms with E-state index in [1.807, 2.05) is 6.92 Å². The molecule has 3 nitrogen and oxygen atoms in total. The third-order valence-corrected chi connectivity index (χ3v) is 2.47. The highest BCUT2D eigenvalue weighted by Crippen LogP contribution is 2.24. The molecule has 0 aliphatic carbocycles. The van der Waals surface area contributed by atoms with Gasteiger partial charge < -0.3 is 10.1 Å². The molecule has 4 heteroatoms. The zero-order valence-corrected chi connectivity index (χ0v) is 8.62. The fourth-order valence-electron chi connectivity index (χ4n) is 1.66. The van der Waals surface area contributed by atoms with Crippen LogP contribution in [-0.4, -0.2) is 16.1 Å². The first-order valence-electron chi connectivity index (χ1n) is 4.77. The summed E-state index contributed by atoms with van der Waals surface area (Å²) in [6.07, 6.45) is 2.45. The molecule has 0 saturated carbocycles. The molecule has 0 amide bonds. The summed E-state index contributed by atoms with van der Waals surface area (Å²) >= 11 is 0. The molecule has 0 saturated heterocycles. The van der Waals surface area contributed by atoms with Crippen LogP contribution in [0.5, 0.6) is 0 Å². The maximum absolute atomic E-state index is 13.4. The van der Waals surface area contributed by atoms with Crippen LogP contribution < -0.4 is 0 Å². The van der Waals surface area contributed by atoms with E-state index in [4.69, 9.17) is 5.11 Å². The lowest BCUT2D eigenvalue weighted by Crippen LogP contribution is -1.86. The molecule has 0 radical (unpaired) electrons. The molecule has 0 fully saturated rings. The summed E-state index contributed by atoms with van der Waals surface area (Å²) in [4.78, 5) is 13.3. The summed E-state index contributed by atoms with van der Waals surface area (Å²) < 4.78 is 13.4. The zero-order valence-electron chi connectivity index (χ0n) is 8.62. The van der Waals surface area contributed by atoms with E-state index in [0.29, 0.717) is 11.2 Å². The summed E-state index contributed by atoms with van der Waals surface area (Å²) in [5.41, 5.74) is 1.86. The number of nitrogens with one attached hydrogen (secondary N) is 1. The molecular weight excluding hydrogens is 209 g/mol. The summed E-state index contributed by atoms with van der Waals surface area (Å²) in [7, 11) is 0. The molecule has 0 atom stereocenters. The first kappa shape index (κ1) is 10.4. The van der Waals surface area contributed by atoms with Crippen molar-refractivity contribution in [2.24, 2.45) is 0 Å². The van der Waals surface area contributed by atoms with Crippen molar-refractivity contribution in [3.05, 3.63) is 41.3 Å². The van der Waals surface area contributed by atoms with Crippen molar-refractivity contribution in [1.82, 2.24) is 4.98 Å². The zero-order chi connectivity index (χ0) is 11.7. The van der Waals surface area contributed by atoms with Gasteiger partial charge in [-0.2, -0.15) is 0 Å². The number of rotatable bonds is 2. The van der Waals surface area contributed by atoms with Crippen LogP contribution in [0.25, 0.3) is 17.0 Å². The lowest BCUT2D eigenvalue weighted by atomic mass is 10.1. The molecule has 2 N–H and O–H groups in total. The Labute approximate surface area is 91.2 Å². The van der Waals surface area contributed by atoms with Crippen LogP contribution in [0.2, 0.25) is 0 Å². The quantitative estimate of drug-likeness (QED) is 0.763. The van der Waals surface area contributed by atoms with Gasteiger partial charge in [-0.25, -0.2) is 9.18 Å². The van der Waals surface area contributed by atoms with E-state index in [9.17, 15) is 9.18 Å². The fraction of sp³-hybridized carbons (Fsp3) is 0.0833. The van der Waals surface area contributed by atoms with Gasteiger partial charge in [-0.15, -0.1) is 0 Å². The monoisotopic (exact) mass is 219 g/mol. The number of aliphatic carboxylic acids is 1. The van der Waals surface area contributed by atoms with Gasteiger partial charge in [0.05, 0.1) is 5.52 Å². The highest BCUT2D eigenvalue weighted by Gasteiger charge is 2.08. The molecule has 2 aromatic rings. The van der Waals surface area contributed by atoms with E-state index < -0.39 is 5.97 Å². The minimum Gasteiger partial charge on any atom is -0.478 e. The van der Waals surface area contributed by atoms with E-state index in [1.165, 1.54) is 12.1 Å². The Morgan fingerprint density at radius 1 is 1.50 bits per heavy atom. The summed E-state index contributed by atoms with van der Waals surface area (Å²) in [6, 6.07) is 4.79. The number of aryl methyl sites for hydroxylation is 1. The summed E-state index contributed by atoms with van der Waals surface area (Å²) in [5.74, 6) is -1.37. The number of aromatic nitrogens is 1. The number of hydrogen-bond acceptors (Lipinski definition) is 1. The Hall–Kier alpha value is -2.10. The van der Waals surface area contributed by atoms with Gasteiger partial charge in [0.25, 0.3) is 0 Å². The van der Waals surface area contributed by atoms with Crippen molar-refractivity contribution < 1.29 is 14.3 Å². The number of H-pyrrole nitrogens is 1. The van der Waals surface area contributed by atoms with Crippen molar-refractivity contribution in [1.29, 1.82) is 0 Å². The molecule has 0 spiro atoms. The number of carboxylic acids is 1. The Bertz CT molecular complexity index is 584. The average Bonchev–Trinajstić information content (AvgIpc) is 2.55. The SMILES string of the molecule is Cc1c(/C=C/C(=O)O)[nH]c2c(F)cccc12. The number of fused-ring (bicyclic) bond motifs is 1. The Kier molecular flexibility index (Phi) is 2.48. The molecule has 16 heavy (non-hydrogen) atoms. The maximum Gasteiger partial charge on any atom is 0.328 e. The largest absolute Gasteiger partial charge is 0.478 e. The summed E-state index contributed by atoms with van der Waals surface area (Å²) in [6.45, 7) is 1.82. The Morgan fingerprint density at radius 2 is 2.25 bits per heavy atom. The van der Waals surface area contributed by atoms with Gasteiger partial charge in [-0.3, -0.25) is 0 Å². The van der Waals surface area contributed by atoms with Crippen LogP contribution in [0.4, 0.5) is 4.39 Å². The van der Waals surface area contributed by atoms with E-state index in [1.54, 1.807) is 12.1 Å². The number of benzene rings is 1. The highest BCUT2D eigenvalue weighted by atomic mass is 19.1. The van der Waals surface area contributed by atoms with Gasteiger partial charge in [-0.1, -0.05) is 12.1 Å². The molecular formula is C12H10FNO2. The van der Waals surface area contributed by atoms with Gasteiger partial charge in [0.1, 0.15) is 5.82 Å². The summed E-state index contributed by atoms with van der Waals surface area (Å²) in [5, 5.41) is 9.29. The smallest absolute Gasteiger partial charge is 0.328 e. The van der Waals surface area contributed by atoms with Gasteiger partial charge >= 0.3 is 5.97 Å². The lowest BCUT2D eigenvalue weighted by molar-refractivity contribution is -0.131. The van der Waals surface area contributed by atoms with Crippen LogP contribution in [0, 0.1) is 12.7 Å². The molecule has 1 heterocycles. The fourth-order valence-corrected chi connectivity index (χ4v) is 1.66. The Balaban J connectivity index is 2.60. The number of para-hydroxylation sites is 1. The second-order valence-corrected chi connectivity index (χ2v) is 3.50. The number of hydrogen-bond donors (Lipinski definition) is 2. The van der Waals surface area contributed by atoms with Crippen LogP contribution in [0.1, 0.15) is 11.3 Å². The number of aromatic amines is 1. The van der Waals surface area contributed by atoms with Crippen molar-refractivity contribution in [3.8, 4) is 0 Å². The second-order valence-electron chi connectivity index (χ2n) is 3.50. The standard InChI is InChI=1S/C12H10FNO2/c1-7-8-3-2-4-9(13)12(8)14-10(7)5-6-11(15)16/h2-6,14H,1H3,(H,15,16)/b6-5+. The van der Waals surface area contributed by atoms with Crippen molar-refractivity contribution >= 4 is 22.9 Å². The van der Waals surface area contributed by atoms with Gasteiger partial charge in [0, 0.05) is 17.2 Å². The minimum atomic E-state index is -1.03. The molecule has 1 aromatic heterocycles. The number of carboxylic acid groups (broad SMARTS) is 1.